The van der Waals surface area contributed by atoms with Crippen molar-refractivity contribution < 1.29 is 23.1 Å². The summed E-state index contributed by atoms with van der Waals surface area (Å²) >= 11 is 0. The summed E-state index contributed by atoms with van der Waals surface area (Å²) in [7, 11) is -2.98. The zero-order chi connectivity index (χ0) is 12.3. The molecule has 6 nitrogen and oxygen atoms in total. The van der Waals surface area contributed by atoms with Gasteiger partial charge in [0.05, 0.1) is 11.5 Å². The molecule has 1 saturated heterocycles. The van der Waals surface area contributed by atoms with Gasteiger partial charge in [-0.05, 0) is 19.3 Å². The molecule has 1 aliphatic heterocycles. The minimum Gasteiger partial charge on any atom is -0.480 e. The van der Waals surface area contributed by atoms with Crippen molar-refractivity contribution >= 4 is 21.7 Å². The average Bonchev–Trinajstić information content (AvgIpc) is 2.44. The molecular weight excluding hydrogens is 234 g/mol. The molecule has 16 heavy (non-hydrogen) atoms. The molecule has 92 valence electrons. The lowest BCUT2D eigenvalue weighted by Gasteiger charge is -2.11. The predicted octanol–water partition coefficient (Wildman–Crippen LogP) is -0.599. The largest absolute Gasteiger partial charge is 0.480 e. The lowest BCUT2D eigenvalue weighted by Crippen LogP contribution is -2.39. The van der Waals surface area contributed by atoms with Gasteiger partial charge in [-0.1, -0.05) is 0 Å². The zero-order valence-electron chi connectivity index (χ0n) is 8.97. The van der Waals surface area contributed by atoms with Crippen LogP contribution in [0.3, 0.4) is 0 Å². The summed E-state index contributed by atoms with van der Waals surface area (Å²) in [4.78, 5) is 21.8. The van der Waals surface area contributed by atoms with E-state index in [4.69, 9.17) is 5.11 Å². The van der Waals surface area contributed by atoms with Crippen molar-refractivity contribution in [3.63, 3.8) is 0 Å². The highest BCUT2D eigenvalue weighted by Crippen LogP contribution is 2.21. The Morgan fingerprint density at radius 3 is 2.56 bits per heavy atom. The van der Waals surface area contributed by atoms with Crippen molar-refractivity contribution in [2.45, 2.75) is 25.8 Å². The maximum Gasteiger partial charge on any atom is 0.325 e. The van der Waals surface area contributed by atoms with Gasteiger partial charge in [0.1, 0.15) is 6.04 Å². The number of aliphatic carboxylic acids is 1. The Balaban J connectivity index is 2.39. The number of amides is 1. The Kier molecular flexibility index (Phi) is 3.90. The quantitative estimate of drug-likeness (QED) is 0.693. The monoisotopic (exact) mass is 249 g/mol. The number of nitrogens with one attached hydrogen (secondary N) is 1. The second-order valence-corrected chi connectivity index (χ2v) is 6.33. The first-order valence-corrected chi connectivity index (χ1v) is 6.85. The van der Waals surface area contributed by atoms with E-state index >= 15 is 0 Å². The zero-order valence-corrected chi connectivity index (χ0v) is 9.79. The number of hydrogen-bond donors (Lipinski definition) is 2. The van der Waals surface area contributed by atoms with Crippen LogP contribution >= 0.6 is 0 Å². The van der Waals surface area contributed by atoms with E-state index < -0.39 is 27.8 Å². The number of hydrogen-bond acceptors (Lipinski definition) is 4. The molecule has 1 heterocycles. The fourth-order valence-corrected chi connectivity index (χ4v) is 3.52. The lowest BCUT2D eigenvalue weighted by atomic mass is 10.0. The highest BCUT2D eigenvalue weighted by molar-refractivity contribution is 7.91. The van der Waals surface area contributed by atoms with Gasteiger partial charge in [-0.25, -0.2) is 8.42 Å². The number of sulfone groups is 1. The van der Waals surface area contributed by atoms with Gasteiger partial charge in [0.15, 0.2) is 9.84 Å². The van der Waals surface area contributed by atoms with Crippen LogP contribution in [0.1, 0.15) is 19.8 Å². The van der Waals surface area contributed by atoms with E-state index in [1.165, 1.54) is 6.92 Å². The third-order valence-electron chi connectivity index (χ3n) is 2.55. The Morgan fingerprint density at radius 1 is 1.50 bits per heavy atom. The molecule has 1 fully saturated rings. The summed E-state index contributed by atoms with van der Waals surface area (Å²) in [6.45, 7) is 1.37. The van der Waals surface area contributed by atoms with Gasteiger partial charge in [-0.2, -0.15) is 0 Å². The first-order valence-electron chi connectivity index (χ1n) is 5.03. The van der Waals surface area contributed by atoms with Crippen LogP contribution in [0, 0.1) is 5.92 Å². The summed E-state index contributed by atoms with van der Waals surface area (Å²) < 4.78 is 22.3. The number of carboxylic acid groups (broad SMARTS) is 1. The Labute approximate surface area is 93.9 Å². The molecule has 0 spiro atoms. The highest BCUT2D eigenvalue weighted by atomic mass is 32.2. The minimum atomic E-state index is -2.98. The van der Waals surface area contributed by atoms with Crippen LogP contribution in [0.15, 0.2) is 0 Å². The maximum atomic E-state index is 11.4. The smallest absolute Gasteiger partial charge is 0.325 e. The topological polar surface area (TPSA) is 101 Å². The number of rotatable bonds is 4. The minimum absolute atomic E-state index is 0.0296. The standard InChI is InChI=1S/C9H15NO5S/c1-6(9(12)13)10-8(11)4-7-2-3-16(14,15)5-7/h6-7H,2-5H2,1H3,(H,10,11)(H,12,13). The lowest BCUT2D eigenvalue weighted by molar-refractivity contribution is -0.141. The molecule has 2 unspecified atom stereocenters. The third-order valence-corrected chi connectivity index (χ3v) is 4.39. The van der Waals surface area contributed by atoms with E-state index in [2.05, 4.69) is 5.32 Å². The Morgan fingerprint density at radius 2 is 2.12 bits per heavy atom. The van der Waals surface area contributed by atoms with Crippen LogP contribution in [0.25, 0.3) is 0 Å². The van der Waals surface area contributed by atoms with Crippen LogP contribution in [0.4, 0.5) is 0 Å². The number of carbonyl (C=O) groups is 2. The summed E-state index contributed by atoms with van der Waals surface area (Å²) in [6.07, 6.45) is 0.564. The maximum absolute atomic E-state index is 11.4. The molecule has 7 heteroatoms. The average molecular weight is 249 g/mol. The van der Waals surface area contributed by atoms with Gasteiger partial charge in [0, 0.05) is 6.42 Å². The van der Waals surface area contributed by atoms with E-state index in [1.54, 1.807) is 0 Å². The molecule has 0 aromatic carbocycles. The number of carboxylic acids is 1. The van der Waals surface area contributed by atoms with Crippen LogP contribution in [0.5, 0.6) is 0 Å². The van der Waals surface area contributed by atoms with Crippen molar-refractivity contribution in [3.8, 4) is 0 Å². The summed E-state index contributed by atoms with van der Waals surface area (Å²) in [6, 6.07) is -0.939. The Bertz CT molecular complexity index is 389. The molecule has 0 aliphatic carbocycles. The predicted molar refractivity (Wildman–Crippen MR) is 56.6 cm³/mol. The summed E-state index contributed by atoms with van der Waals surface area (Å²) in [5.74, 6) is -1.53. The van der Waals surface area contributed by atoms with Crippen LogP contribution < -0.4 is 5.32 Å². The van der Waals surface area contributed by atoms with E-state index in [9.17, 15) is 18.0 Å². The first kappa shape index (κ1) is 13.0. The van der Waals surface area contributed by atoms with Crippen molar-refractivity contribution in [1.29, 1.82) is 0 Å². The van der Waals surface area contributed by atoms with Gasteiger partial charge in [-0.3, -0.25) is 9.59 Å². The Hall–Kier alpha value is -1.11. The van der Waals surface area contributed by atoms with Crippen molar-refractivity contribution in [2.24, 2.45) is 5.92 Å². The first-order chi connectivity index (χ1) is 7.30. The normalized spacial score (nSPS) is 24.9. The molecule has 1 amide bonds. The van der Waals surface area contributed by atoms with Crippen LogP contribution in [0.2, 0.25) is 0 Å². The van der Waals surface area contributed by atoms with Crippen molar-refractivity contribution in [3.05, 3.63) is 0 Å². The van der Waals surface area contributed by atoms with Crippen LogP contribution in [-0.2, 0) is 19.4 Å². The summed E-state index contributed by atoms with van der Waals surface area (Å²) in [5.41, 5.74) is 0. The molecule has 2 N–H and O–H groups in total. The SMILES string of the molecule is CC(NC(=O)CC1CCS(=O)(=O)C1)C(=O)O. The molecule has 1 rings (SSSR count). The fraction of sp³-hybridized carbons (Fsp3) is 0.778. The van der Waals surface area contributed by atoms with Gasteiger partial charge in [-0.15, -0.1) is 0 Å². The molecule has 0 aromatic rings. The molecule has 0 bridgehead atoms. The van der Waals surface area contributed by atoms with E-state index in [0.717, 1.165) is 0 Å². The van der Waals surface area contributed by atoms with E-state index in [0.29, 0.717) is 6.42 Å². The van der Waals surface area contributed by atoms with Gasteiger partial charge in [0.2, 0.25) is 5.91 Å². The van der Waals surface area contributed by atoms with E-state index in [1.807, 2.05) is 0 Å². The molecular formula is C9H15NO5S. The summed E-state index contributed by atoms with van der Waals surface area (Å²) in [5, 5.41) is 10.9. The molecule has 0 radical (unpaired) electrons. The molecule has 0 aromatic heterocycles. The molecule has 2 atom stereocenters. The third kappa shape index (κ3) is 3.80. The van der Waals surface area contributed by atoms with Crippen LogP contribution in [-0.4, -0.2) is 42.9 Å². The van der Waals surface area contributed by atoms with Crippen molar-refractivity contribution in [1.82, 2.24) is 5.32 Å². The highest BCUT2D eigenvalue weighted by Gasteiger charge is 2.29. The van der Waals surface area contributed by atoms with Gasteiger partial charge < -0.3 is 10.4 Å². The molecule has 1 aliphatic rings. The molecule has 0 saturated carbocycles. The van der Waals surface area contributed by atoms with E-state index in [-0.39, 0.29) is 23.8 Å². The fourth-order valence-electron chi connectivity index (χ4n) is 1.66. The second-order valence-electron chi connectivity index (χ2n) is 4.10. The van der Waals surface area contributed by atoms with Gasteiger partial charge >= 0.3 is 5.97 Å². The van der Waals surface area contributed by atoms with Gasteiger partial charge in [0.25, 0.3) is 0 Å². The number of carbonyl (C=O) groups excluding carboxylic acids is 1. The van der Waals surface area contributed by atoms with Crippen molar-refractivity contribution in [2.75, 3.05) is 11.5 Å². The second kappa shape index (κ2) is 4.82.